The summed E-state index contributed by atoms with van der Waals surface area (Å²) in [5.74, 6) is 0.961. The predicted octanol–water partition coefficient (Wildman–Crippen LogP) is 1.59. The maximum absolute atomic E-state index is 12.2. The molecule has 2 N–H and O–H groups in total. The Labute approximate surface area is 108 Å². The van der Waals surface area contributed by atoms with Gasteiger partial charge in [0.1, 0.15) is 5.82 Å². The largest absolute Gasteiger partial charge is 0.373 e. The van der Waals surface area contributed by atoms with E-state index in [1.807, 2.05) is 0 Å². The first kappa shape index (κ1) is 13.3. The van der Waals surface area contributed by atoms with Crippen LogP contribution in [0.4, 0.5) is 5.82 Å². The molecule has 0 spiro atoms. The summed E-state index contributed by atoms with van der Waals surface area (Å²) >= 11 is 0. The average molecular weight is 269 g/mol. The van der Waals surface area contributed by atoms with Crippen molar-refractivity contribution in [1.82, 2.24) is 9.71 Å². The minimum atomic E-state index is -3.44. The van der Waals surface area contributed by atoms with Gasteiger partial charge in [-0.3, -0.25) is 0 Å². The van der Waals surface area contributed by atoms with E-state index in [4.69, 9.17) is 0 Å². The Hall–Kier alpha value is -1.14. The predicted molar refractivity (Wildman–Crippen MR) is 70.9 cm³/mol. The van der Waals surface area contributed by atoms with Crippen molar-refractivity contribution in [2.45, 2.75) is 37.1 Å². The van der Waals surface area contributed by atoms with Gasteiger partial charge in [0.2, 0.25) is 10.0 Å². The zero-order valence-corrected chi connectivity index (χ0v) is 11.5. The molecule has 100 valence electrons. The Bertz CT molecular complexity index is 516. The second-order valence-electron chi connectivity index (χ2n) is 4.76. The van der Waals surface area contributed by atoms with Crippen LogP contribution in [0.25, 0.3) is 0 Å². The van der Waals surface area contributed by atoms with Gasteiger partial charge in [-0.1, -0.05) is 13.3 Å². The third kappa shape index (κ3) is 2.81. The SMILES string of the molecule is CNc1cc(S(=O)(=O)NC2CCCC2C)ccn1. The highest BCUT2D eigenvalue weighted by Gasteiger charge is 2.28. The molecule has 1 fully saturated rings. The molecule has 1 aliphatic carbocycles. The molecule has 0 amide bonds. The van der Waals surface area contributed by atoms with Gasteiger partial charge in [0.05, 0.1) is 4.90 Å². The standard InChI is InChI=1S/C12H19N3O2S/c1-9-4-3-5-11(9)15-18(16,17)10-6-7-14-12(8-10)13-2/h6-9,11,15H,3-5H2,1-2H3,(H,13,14). The van der Waals surface area contributed by atoms with Crippen molar-refractivity contribution in [3.63, 3.8) is 0 Å². The van der Waals surface area contributed by atoms with E-state index in [9.17, 15) is 8.42 Å². The Morgan fingerprint density at radius 1 is 1.39 bits per heavy atom. The van der Waals surface area contributed by atoms with Crippen molar-refractivity contribution >= 4 is 15.8 Å². The van der Waals surface area contributed by atoms with Crippen LogP contribution >= 0.6 is 0 Å². The van der Waals surface area contributed by atoms with Crippen molar-refractivity contribution in [3.05, 3.63) is 18.3 Å². The molecule has 5 nitrogen and oxygen atoms in total. The van der Waals surface area contributed by atoms with Crippen molar-refractivity contribution in [1.29, 1.82) is 0 Å². The van der Waals surface area contributed by atoms with Gasteiger partial charge in [0.25, 0.3) is 0 Å². The molecule has 1 aromatic heterocycles. The summed E-state index contributed by atoms with van der Waals surface area (Å²) in [4.78, 5) is 4.28. The maximum Gasteiger partial charge on any atom is 0.241 e. The summed E-state index contributed by atoms with van der Waals surface area (Å²) in [5.41, 5.74) is 0. The summed E-state index contributed by atoms with van der Waals surface area (Å²) in [6.45, 7) is 2.09. The zero-order chi connectivity index (χ0) is 13.2. The third-order valence-electron chi connectivity index (χ3n) is 3.47. The first-order chi connectivity index (χ1) is 8.53. The lowest BCUT2D eigenvalue weighted by molar-refractivity contribution is 0.476. The van der Waals surface area contributed by atoms with Crippen LogP contribution in [0.3, 0.4) is 0 Å². The van der Waals surface area contributed by atoms with Gasteiger partial charge < -0.3 is 5.32 Å². The first-order valence-corrected chi connectivity index (χ1v) is 7.67. The lowest BCUT2D eigenvalue weighted by atomic mass is 10.1. The molecule has 0 aliphatic heterocycles. The van der Waals surface area contributed by atoms with Crippen molar-refractivity contribution in [2.24, 2.45) is 5.92 Å². The fourth-order valence-electron chi connectivity index (χ4n) is 2.30. The molecule has 1 saturated carbocycles. The second kappa shape index (κ2) is 5.24. The zero-order valence-electron chi connectivity index (χ0n) is 10.7. The minimum absolute atomic E-state index is 0.0567. The fourth-order valence-corrected chi connectivity index (χ4v) is 3.69. The number of aromatic nitrogens is 1. The van der Waals surface area contributed by atoms with E-state index < -0.39 is 10.0 Å². The number of rotatable bonds is 4. The van der Waals surface area contributed by atoms with Crippen LogP contribution in [-0.4, -0.2) is 26.5 Å². The van der Waals surface area contributed by atoms with Gasteiger partial charge in [-0.15, -0.1) is 0 Å². The molecule has 1 aromatic rings. The third-order valence-corrected chi connectivity index (χ3v) is 4.95. The number of nitrogens with one attached hydrogen (secondary N) is 2. The van der Waals surface area contributed by atoms with Crippen LogP contribution < -0.4 is 10.0 Å². The summed E-state index contributed by atoms with van der Waals surface area (Å²) in [5, 5.41) is 2.84. The highest BCUT2D eigenvalue weighted by molar-refractivity contribution is 7.89. The smallest absolute Gasteiger partial charge is 0.241 e. The lowest BCUT2D eigenvalue weighted by Gasteiger charge is -2.17. The molecule has 1 aliphatic rings. The van der Waals surface area contributed by atoms with Crippen LogP contribution in [0.5, 0.6) is 0 Å². The van der Waals surface area contributed by atoms with E-state index in [1.165, 1.54) is 12.3 Å². The number of sulfonamides is 1. The first-order valence-electron chi connectivity index (χ1n) is 6.19. The molecule has 0 aromatic carbocycles. The van der Waals surface area contributed by atoms with Gasteiger partial charge in [0.15, 0.2) is 0 Å². The average Bonchev–Trinajstić information content (AvgIpc) is 2.74. The molecule has 0 radical (unpaired) electrons. The Morgan fingerprint density at radius 3 is 2.78 bits per heavy atom. The molecule has 0 saturated heterocycles. The number of hydrogen-bond donors (Lipinski definition) is 2. The van der Waals surface area contributed by atoms with Gasteiger partial charge >= 0.3 is 0 Å². The summed E-state index contributed by atoms with van der Waals surface area (Å²) in [6, 6.07) is 3.12. The highest BCUT2D eigenvalue weighted by atomic mass is 32.2. The van der Waals surface area contributed by atoms with Crippen LogP contribution in [0.2, 0.25) is 0 Å². The quantitative estimate of drug-likeness (QED) is 0.870. The van der Waals surface area contributed by atoms with E-state index in [2.05, 4.69) is 21.9 Å². The van der Waals surface area contributed by atoms with E-state index in [1.54, 1.807) is 13.1 Å². The monoisotopic (exact) mass is 269 g/mol. The molecular weight excluding hydrogens is 250 g/mol. The lowest BCUT2D eigenvalue weighted by Crippen LogP contribution is -2.36. The number of nitrogens with zero attached hydrogens (tertiary/aromatic N) is 1. The van der Waals surface area contributed by atoms with E-state index in [0.717, 1.165) is 19.3 Å². The Kier molecular flexibility index (Phi) is 3.87. The topological polar surface area (TPSA) is 71.1 Å². The maximum atomic E-state index is 12.2. The van der Waals surface area contributed by atoms with Crippen LogP contribution in [0.15, 0.2) is 23.2 Å². The summed E-state index contributed by atoms with van der Waals surface area (Å²) in [7, 11) is -1.73. The van der Waals surface area contributed by atoms with Gasteiger partial charge in [0, 0.05) is 25.4 Å². The van der Waals surface area contributed by atoms with Crippen LogP contribution in [-0.2, 0) is 10.0 Å². The van der Waals surface area contributed by atoms with E-state index in [-0.39, 0.29) is 10.9 Å². The van der Waals surface area contributed by atoms with Crippen LogP contribution in [0, 0.1) is 5.92 Å². The van der Waals surface area contributed by atoms with Gasteiger partial charge in [-0.2, -0.15) is 0 Å². The number of hydrogen-bond acceptors (Lipinski definition) is 4. The molecule has 1 heterocycles. The van der Waals surface area contributed by atoms with Crippen molar-refractivity contribution in [3.8, 4) is 0 Å². The van der Waals surface area contributed by atoms with Gasteiger partial charge in [-0.05, 0) is 24.8 Å². The highest BCUT2D eigenvalue weighted by Crippen LogP contribution is 2.26. The number of pyridine rings is 1. The molecular formula is C12H19N3O2S. The minimum Gasteiger partial charge on any atom is -0.373 e. The molecule has 18 heavy (non-hydrogen) atoms. The van der Waals surface area contributed by atoms with E-state index >= 15 is 0 Å². The van der Waals surface area contributed by atoms with Crippen molar-refractivity contribution < 1.29 is 8.42 Å². The summed E-state index contributed by atoms with van der Waals surface area (Å²) < 4.78 is 27.3. The van der Waals surface area contributed by atoms with Crippen LogP contribution in [0.1, 0.15) is 26.2 Å². The molecule has 2 rings (SSSR count). The fraction of sp³-hybridized carbons (Fsp3) is 0.583. The molecule has 6 heteroatoms. The summed E-state index contributed by atoms with van der Waals surface area (Å²) in [6.07, 6.45) is 4.60. The molecule has 2 unspecified atom stereocenters. The van der Waals surface area contributed by atoms with Crippen molar-refractivity contribution in [2.75, 3.05) is 12.4 Å². The molecule has 2 atom stereocenters. The molecule has 0 bridgehead atoms. The van der Waals surface area contributed by atoms with E-state index in [0.29, 0.717) is 11.7 Å². The second-order valence-corrected chi connectivity index (χ2v) is 6.48. The Morgan fingerprint density at radius 2 is 2.17 bits per heavy atom. The van der Waals surface area contributed by atoms with Gasteiger partial charge in [-0.25, -0.2) is 18.1 Å². The number of anilines is 1. The normalized spacial score (nSPS) is 24.1. The Balaban J connectivity index is 2.19.